The molecule has 0 aliphatic carbocycles. The van der Waals surface area contributed by atoms with Gasteiger partial charge in [0.2, 0.25) is 0 Å². The lowest BCUT2D eigenvalue weighted by Gasteiger charge is -2.34. The fourth-order valence-corrected chi connectivity index (χ4v) is 17.0. The lowest BCUT2D eigenvalue weighted by atomic mass is 10.3. The Hall–Kier alpha value is -0.0294. The van der Waals surface area contributed by atoms with Crippen LogP contribution in [-0.4, -0.2) is 159 Å². The zero-order valence-electron chi connectivity index (χ0n) is 25.5. The van der Waals surface area contributed by atoms with Crippen molar-refractivity contribution in [3.05, 3.63) is 0 Å². The van der Waals surface area contributed by atoms with Crippen LogP contribution in [0.4, 0.5) is 0 Å². The smallest absolute Gasteiger partial charge is 0.275 e. The van der Waals surface area contributed by atoms with Crippen molar-refractivity contribution >= 4 is 25.3 Å². The predicted octanol–water partition coefficient (Wildman–Crippen LogP) is -0.336. The molecule has 6 N–H and O–H groups in total. The number of rotatable bonds is 28. The molecule has 0 aromatic rings. The second-order valence-corrected chi connectivity index (χ2v) is 23.2. The van der Waals surface area contributed by atoms with E-state index in [-0.39, 0.29) is 59.5 Å². The zero-order chi connectivity index (χ0) is 31.3. The van der Waals surface area contributed by atoms with E-state index < -0.39 is 62.4 Å². The Balaban J connectivity index is 3.92. The first-order valence-corrected chi connectivity index (χ1v) is 22.4. The first kappa shape index (κ1) is 41.0. The monoisotopic (exact) mass is 648 g/mol. The molecule has 0 aliphatic heterocycles. The minimum atomic E-state index is -2.08. The summed E-state index contributed by atoms with van der Waals surface area (Å²) in [6.07, 6.45) is -3.95. The van der Waals surface area contributed by atoms with Crippen LogP contribution in [-0.2, 0) is 32.3 Å². The number of hydrogen-bond donors (Lipinski definition) is 6. The first-order valence-electron chi connectivity index (χ1n) is 14.3. The van der Waals surface area contributed by atoms with Crippen molar-refractivity contribution in [3.63, 3.8) is 0 Å². The molecule has 0 saturated heterocycles. The maximum atomic E-state index is 12.2. The van der Waals surface area contributed by atoms with Crippen molar-refractivity contribution < 1.29 is 62.9 Å². The number of ether oxygens (including phenoxy) is 5. The Labute approximate surface area is 248 Å². The molecule has 0 bridgehead atoms. The summed E-state index contributed by atoms with van der Waals surface area (Å²) in [4.78, 5) is 0. The molecule has 0 aromatic heterocycles. The lowest BCUT2D eigenvalue weighted by molar-refractivity contribution is -0.0817. The van der Waals surface area contributed by atoms with E-state index in [1.165, 1.54) is 0 Å². The molecule has 0 aliphatic rings. The largest absolute Gasteiger partial charge is 0.455 e. The van der Waals surface area contributed by atoms with Gasteiger partial charge in [-0.2, -0.15) is 0 Å². The summed E-state index contributed by atoms with van der Waals surface area (Å²) in [5.41, 5.74) is 0.702. The van der Waals surface area contributed by atoms with E-state index in [1.54, 1.807) is 0 Å². The van der Waals surface area contributed by atoms with E-state index >= 15 is 0 Å². The molecule has 0 aromatic carbocycles. The summed E-state index contributed by atoms with van der Waals surface area (Å²) in [6, 6.07) is 1.56. The van der Waals surface area contributed by atoms with Gasteiger partial charge in [0.15, 0.2) is 16.6 Å². The average molecular weight is 649 g/mol. The molecular weight excluding hydrogens is 593 g/mol. The maximum absolute atomic E-state index is 12.2. The van der Waals surface area contributed by atoms with Crippen molar-refractivity contribution in [2.45, 2.75) is 87.8 Å². The minimum absolute atomic E-state index is 0.0117. The van der Waals surface area contributed by atoms with Crippen LogP contribution in [0, 0.1) is 0 Å². The highest BCUT2D eigenvalue weighted by Gasteiger charge is 2.36. The van der Waals surface area contributed by atoms with Crippen LogP contribution in [0.3, 0.4) is 0 Å². The van der Waals surface area contributed by atoms with Crippen LogP contribution in [0.5, 0.6) is 0 Å². The van der Waals surface area contributed by atoms with Gasteiger partial charge in [0, 0.05) is 12.3 Å². The fourth-order valence-electron chi connectivity index (χ4n) is 3.83. The summed E-state index contributed by atoms with van der Waals surface area (Å²) in [6.45, 7) is 10.1. The molecule has 6 atom stereocenters. The van der Waals surface area contributed by atoms with Crippen LogP contribution < -0.4 is 0 Å². The highest BCUT2D eigenvalue weighted by Crippen LogP contribution is 2.25. The topological polar surface area (TPSA) is 194 Å². The Bertz CT molecular complexity index is 659. The molecular formula is C25H56O13Si3. The van der Waals surface area contributed by atoms with Gasteiger partial charge in [0.05, 0.1) is 66.1 Å². The van der Waals surface area contributed by atoms with Gasteiger partial charge in [-0.05, 0) is 44.7 Å². The van der Waals surface area contributed by atoms with Crippen molar-refractivity contribution in [3.8, 4) is 0 Å². The number of hydrogen-bond acceptors (Lipinski definition) is 13. The zero-order valence-corrected chi connectivity index (χ0v) is 28.5. The summed E-state index contributed by atoms with van der Waals surface area (Å²) in [7, 11) is -5.44. The molecule has 0 spiro atoms. The highest BCUT2D eigenvalue weighted by atomic mass is 28.4. The molecule has 0 fully saturated rings. The van der Waals surface area contributed by atoms with Gasteiger partial charge in [-0.25, -0.2) is 0 Å². The predicted molar refractivity (Wildman–Crippen MR) is 158 cm³/mol. The summed E-state index contributed by atoms with van der Waals surface area (Å²) < 4.78 is 45.1. The standard InChI is InChI=1S/C25H56O13Si3/c1-6-39(32)20-41(5,38-40(2,3)4)9-7-8-33-12-22(28)13-35-16-24(30)17-37-19-25(31)18-36-15-23(29)14-34-11-21(27)10-26/h21-31H,6-20H2,1-5H3. The van der Waals surface area contributed by atoms with E-state index in [1.807, 2.05) is 6.92 Å². The Kier molecular flexibility index (Phi) is 23.3. The van der Waals surface area contributed by atoms with Gasteiger partial charge >= 0.3 is 0 Å². The van der Waals surface area contributed by atoms with Gasteiger partial charge in [0.1, 0.15) is 30.5 Å². The third-order valence-electron chi connectivity index (χ3n) is 5.52. The van der Waals surface area contributed by atoms with Gasteiger partial charge in [-0.1, -0.05) is 6.92 Å². The molecule has 246 valence electrons. The molecule has 6 unspecified atom stereocenters. The van der Waals surface area contributed by atoms with Crippen molar-refractivity contribution in [1.29, 1.82) is 0 Å². The van der Waals surface area contributed by atoms with Crippen LogP contribution in [0.1, 0.15) is 13.3 Å². The molecule has 16 heteroatoms. The van der Waals surface area contributed by atoms with Crippen LogP contribution in [0.25, 0.3) is 0 Å². The van der Waals surface area contributed by atoms with Gasteiger partial charge < -0.3 is 62.9 Å². The van der Waals surface area contributed by atoms with Crippen LogP contribution in [0.15, 0.2) is 0 Å². The minimum Gasteiger partial charge on any atom is -0.455 e. The normalized spacial score (nSPS) is 17.5. The molecule has 41 heavy (non-hydrogen) atoms. The fraction of sp³-hybridized carbons (Fsp3) is 1.00. The second-order valence-electron chi connectivity index (χ2n) is 11.5. The number of aliphatic hydroxyl groups excluding tert-OH is 6. The van der Waals surface area contributed by atoms with Crippen molar-refractivity contribution in [2.24, 2.45) is 0 Å². The van der Waals surface area contributed by atoms with Crippen LogP contribution in [0.2, 0.25) is 43.9 Å². The summed E-state index contributed by atoms with van der Waals surface area (Å²) in [5.74, 6) is 0. The Morgan fingerprint density at radius 2 is 1.00 bits per heavy atom. The van der Waals surface area contributed by atoms with Gasteiger partial charge in [0.25, 0.3) is 8.68 Å². The van der Waals surface area contributed by atoms with E-state index in [2.05, 4.69) is 26.2 Å². The van der Waals surface area contributed by atoms with E-state index in [0.717, 1.165) is 12.5 Å². The molecule has 0 amide bonds. The van der Waals surface area contributed by atoms with E-state index in [9.17, 15) is 24.9 Å². The van der Waals surface area contributed by atoms with Gasteiger partial charge in [-0.3, -0.25) is 0 Å². The van der Waals surface area contributed by atoms with Gasteiger partial charge in [-0.15, -0.1) is 0 Å². The van der Waals surface area contributed by atoms with Crippen molar-refractivity contribution in [1.82, 2.24) is 0 Å². The molecule has 0 radical (unpaired) electrons. The summed E-state index contributed by atoms with van der Waals surface area (Å²) >= 11 is 0. The molecule has 0 rings (SSSR count). The van der Waals surface area contributed by atoms with Crippen molar-refractivity contribution in [2.75, 3.05) is 72.7 Å². The summed E-state index contributed by atoms with van der Waals surface area (Å²) in [5, 5.41) is 57.4. The average Bonchev–Trinajstić information content (AvgIpc) is 2.87. The third kappa shape index (κ3) is 25.0. The lowest BCUT2D eigenvalue weighted by Crippen LogP contribution is -2.46. The molecule has 0 saturated carbocycles. The quantitative estimate of drug-likeness (QED) is 0.0477. The Morgan fingerprint density at radius 3 is 1.34 bits per heavy atom. The van der Waals surface area contributed by atoms with Crippen LogP contribution >= 0.6 is 0 Å². The number of aliphatic hydroxyl groups is 6. The van der Waals surface area contributed by atoms with E-state index in [4.69, 9.17) is 38.0 Å². The second kappa shape index (κ2) is 23.4. The third-order valence-corrected chi connectivity index (χ3v) is 16.7. The Morgan fingerprint density at radius 1 is 0.634 bits per heavy atom. The highest BCUT2D eigenvalue weighted by molar-refractivity contribution is 6.89. The molecule has 0 heterocycles. The molecule has 13 nitrogen and oxygen atoms in total. The maximum Gasteiger partial charge on any atom is 0.275 e. The SMILES string of the molecule is CC[Si](=O)C[Si](C)(CCCOCC(O)COCC(O)COCC(O)COCC(O)COCC(O)CO)O[Si](C)(C)C. The van der Waals surface area contributed by atoms with E-state index in [0.29, 0.717) is 18.3 Å². The first-order chi connectivity index (χ1) is 19.2.